The third-order valence-electron chi connectivity index (χ3n) is 4.71. The molecule has 0 unspecified atom stereocenters. The first-order valence-corrected chi connectivity index (χ1v) is 9.44. The maximum atomic E-state index is 12.6. The third kappa shape index (κ3) is 5.00. The van der Waals surface area contributed by atoms with Crippen molar-refractivity contribution in [1.29, 1.82) is 0 Å². The van der Waals surface area contributed by atoms with E-state index in [1.165, 1.54) is 6.07 Å². The lowest BCUT2D eigenvalue weighted by molar-refractivity contribution is -0.384. The summed E-state index contributed by atoms with van der Waals surface area (Å²) in [6, 6.07) is 12.7. The predicted octanol–water partition coefficient (Wildman–Crippen LogP) is 4.02. The Balaban J connectivity index is 1.55. The van der Waals surface area contributed by atoms with Gasteiger partial charge in [0, 0.05) is 31.3 Å². The number of para-hydroxylation sites is 1. The fraction of sp³-hybridized carbons (Fsp3) is 0.381. The summed E-state index contributed by atoms with van der Waals surface area (Å²) < 4.78 is 5.75. The molecule has 0 spiro atoms. The lowest BCUT2D eigenvalue weighted by Gasteiger charge is -2.18. The monoisotopic (exact) mass is 383 g/mol. The Morgan fingerprint density at radius 1 is 1.29 bits per heavy atom. The molecular weight excluding hydrogens is 358 g/mol. The number of ether oxygens (including phenoxy) is 1. The maximum absolute atomic E-state index is 12.6. The fourth-order valence-corrected chi connectivity index (χ4v) is 2.91. The van der Waals surface area contributed by atoms with Gasteiger partial charge in [0.2, 0.25) is 0 Å². The second-order valence-electron chi connectivity index (χ2n) is 7.10. The minimum Gasteiger partial charge on any atom is -0.493 e. The molecule has 0 heterocycles. The SMILES string of the molecule is Cc1ccccc1OCCCN(C)C(=O)c1ccc(NC2CC2)c([N+](=O)[O-])c1. The number of nitro benzene ring substituents is 1. The number of carbonyl (C=O) groups is 1. The Kier molecular flexibility index (Phi) is 6.13. The van der Waals surface area contributed by atoms with E-state index in [1.54, 1.807) is 24.1 Å². The fourth-order valence-electron chi connectivity index (χ4n) is 2.91. The highest BCUT2D eigenvalue weighted by Crippen LogP contribution is 2.31. The zero-order chi connectivity index (χ0) is 20.1. The van der Waals surface area contributed by atoms with Gasteiger partial charge in [0.1, 0.15) is 11.4 Å². The van der Waals surface area contributed by atoms with Crippen LogP contribution in [-0.2, 0) is 0 Å². The van der Waals surface area contributed by atoms with E-state index in [0.717, 1.165) is 24.2 Å². The van der Waals surface area contributed by atoms with Crippen LogP contribution in [0.3, 0.4) is 0 Å². The van der Waals surface area contributed by atoms with E-state index in [4.69, 9.17) is 4.74 Å². The number of anilines is 1. The number of rotatable bonds is 9. The Morgan fingerprint density at radius 3 is 2.71 bits per heavy atom. The second-order valence-corrected chi connectivity index (χ2v) is 7.10. The Labute approximate surface area is 164 Å². The van der Waals surface area contributed by atoms with Crippen LogP contribution in [0.15, 0.2) is 42.5 Å². The third-order valence-corrected chi connectivity index (χ3v) is 4.71. The largest absolute Gasteiger partial charge is 0.493 e. The molecule has 0 aliphatic heterocycles. The van der Waals surface area contributed by atoms with Gasteiger partial charge in [0.25, 0.3) is 11.6 Å². The van der Waals surface area contributed by atoms with Gasteiger partial charge in [-0.25, -0.2) is 0 Å². The minimum absolute atomic E-state index is 0.0611. The van der Waals surface area contributed by atoms with Crippen LogP contribution in [0.25, 0.3) is 0 Å². The van der Waals surface area contributed by atoms with Crippen molar-refractivity contribution in [2.45, 2.75) is 32.2 Å². The Bertz CT molecular complexity index is 864. The highest BCUT2D eigenvalue weighted by atomic mass is 16.6. The molecule has 7 nitrogen and oxygen atoms in total. The zero-order valence-corrected chi connectivity index (χ0v) is 16.2. The quantitative estimate of drug-likeness (QED) is 0.402. The van der Waals surface area contributed by atoms with Crippen molar-refractivity contribution in [3.8, 4) is 5.75 Å². The summed E-state index contributed by atoms with van der Waals surface area (Å²) in [5.41, 5.74) is 1.79. The molecule has 1 aliphatic rings. The molecule has 1 amide bonds. The molecule has 28 heavy (non-hydrogen) atoms. The van der Waals surface area contributed by atoms with Gasteiger partial charge >= 0.3 is 0 Å². The van der Waals surface area contributed by atoms with Crippen LogP contribution in [-0.4, -0.2) is 42.0 Å². The maximum Gasteiger partial charge on any atom is 0.293 e. The van der Waals surface area contributed by atoms with Gasteiger partial charge in [0.05, 0.1) is 11.5 Å². The van der Waals surface area contributed by atoms with Crippen LogP contribution < -0.4 is 10.1 Å². The number of nitrogens with one attached hydrogen (secondary N) is 1. The van der Waals surface area contributed by atoms with Gasteiger partial charge in [-0.1, -0.05) is 18.2 Å². The van der Waals surface area contributed by atoms with E-state index < -0.39 is 4.92 Å². The lowest BCUT2D eigenvalue weighted by Crippen LogP contribution is -2.28. The standard InChI is InChI=1S/C21H25N3O4/c1-15-6-3-4-7-20(15)28-13-5-12-23(2)21(25)16-8-11-18(22-17-9-10-17)19(14-16)24(26)27/h3-4,6-8,11,14,17,22H,5,9-10,12-13H2,1-2H3. The number of hydrogen-bond donors (Lipinski definition) is 1. The van der Waals surface area contributed by atoms with Gasteiger partial charge in [-0.3, -0.25) is 14.9 Å². The van der Waals surface area contributed by atoms with Crippen LogP contribution >= 0.6 is 0 Å². The van der Waals surface area contributed by atoms with Crippen molar-refractivity contribution in [2.24, 2.45) is 0 Å². The van der Waals surface area contributed by atoms with Crippen molar-refractivity contribution in [2.75, 3.05) is 25.5 Å². The molecule has 0 aromatic heterocycles. The average Bonchev–Trinajstić information content (AvgIpc) is 3.50. The Hall–Kier alpha value is -3.09. The van der Waals surface area contributed by atoms with Crippen molar-refractivity contribution < 1.29 is 14.5 Å². The molecule has 0 radical (unpaired) electrons. The van der Waals surface area contributed by atoms with Crippen molar-refractivity contribution in [1.82, 2.24) is 4.90 Å². The van der Waals surface area contributed by atoms with E-state index in [2.05, 4.69) is 5.32 Å². The molecule has 0 saturated heterocycles. The van der Waals surface area contributed by atoms with E-state index >= 15 is 0 Å². The number of nitro groups is 1. The average molecular weight is 383 g/mol. The molecule has 7 heteroatoms. The molecule has 148 valence electrons. The molecule has 1 aliphatic carbocycles. The summed E-state index contributed by atoms with van der Waals surface area (Å²) in [5, 5.41) is 14.5. The number of benzene rings is 2. The summed E-state index contributed by atoms with van der Waals surface area (Å²) >= 11 is 0. The molecule has 3 rings (SSSR count). The molecule has 0 atom stereocenters. The van der Waals surface area contributed by atoms with Crippen molar-refractivity contribution in [3.63, 3.8) is 0 Å². The van der Waals surface area contributed by atoms with E-state index in [-0.39, 0.29) is 11.6 Å². The zero-order valence-electron chi connectivity index (χ0n) is 16.2. The highest BCUT2D eigenvalue weighted by molar-refractivity contribution is 5.95. The van der Waals surface area contributed by atoms with Gasteiger partial charge in [-0.05, 0) is 49.9 Å². The van der Waals surface area contributed by atoms with Crippen molar-refractivity contribution >= 4 is 17.3 Å². The molecule has 2 aromatic rings. The van der Waals surface area contributed by atoms with Crippen LogP contribution in [0, 0.1) is 17.0 Å². The number of hydrogen-bond acceptors (Lipinski definition) is 5. The molecular formula is C21H25N3O4. The first kappa shape index (κ1) is 19.7. The lowest BCUT2D eigenvalue weighted by atomic mass is 10.1. The van der Waals surface area contributed by atoms with Gasteiger partial charge in [-0.15, -0.1) is 0 Å². The number of amides is 1. The smallest absolute Gasteiger partial charge is 0.293 e. The first-order chi connectivity index (χ1) is 13.5. The summed E-state index contributed by atoms with van der Waals surface area (Å²) in [4.78, 5) is 25.1. The van der Waals surface area contributed by atoms with E-state index in [9.17, 15) is 14.9 Å². The number of carbonyl (C=O) groups excluding carboxylic acids is 1. The molecule has 0 bridgehead atoms. The minimum atomic E-state index is -0.447. The molecule has 1 N–H and O–H groups in total. The summed E-state index contributed by atoms with van der Waals surface area (Å²) in [7, 11) is 1.69. The second kappa shape index (κ2) is 8.73. The predicted molar refractivity (Wildman–Crippen MR) is 108 cm³/mol. The summed E-state index contributed by atoms with van der Waals surface area (Å²) in [5.74, 6) is 0.600. The highest BCUT2D eigenvalue weighted by Gasteiger charge is 2.26. The summed E-state index contributed by atoms with van der Waals surface area (Å²) in [6.45, 7) is 2.98. The van der Waals surface area contributed by atoms with E-state index in [0.29, 0.717) is 36.9 Å². The topological polar surface area (TPSA) is 84.7 Å². The van der Waals surface area contributed by atoms with Gasteiger partial charge in [-0.2, -0.15) is 0 Å². The van der Waals surface area contributed by atoms with Crippen LogP contribution in [0.5, 0.6) is 5.75 Å². The Morgan fingerprint density at radius 2 is 2.04 bits per heavy atom. The van der Waals surface area contributed by atoms with E-state index in [1.807, 2.05) is 31.2 Å². The van der Waals surface area contributed by atoms with Gasteiger partial charge < -0.3 is 15.0 Å². The number of nitrogens with zero attached hydrogens (tertiary/aromatic N) is 2. The van der Waals surface area contributed by atoms with Crippen LogP contribution in [0.2, 0.25) is 0 Å². The first-order valence-electron chi connectivity index (χ1n) is 9.44. The number of aryl methyl sites for hydroxylation is 1. The van der Waals surface area contributed by atoms with Crippen LogP contribution in [0.1, 0.15) is 35.2 Å². The van der Waals surface area contributed by atoms with Crippen molar-refractivity contribution in [3.05, 3.63) is 63.7 Å². The van der Waals surface area contributed by atoms with Crippen LogP contribution in [0.4, 0.5) is 11.4 Å². The van der Waals surface area contributed by atoms with Gasteiger partial charge in [0.15, 0.2) is 0 Å². The molecule has 1 fully saturated rings. The molecule has 1 saturated carbocycles. The summed E-state index contributed by atoms with van der Waals surface area (Å²) in [6.07, 6.45) is 2.70. The molecule has 2 aromatic carbocycles. The normalized spacial score (nSPS) is 13.1.